The molecular formula is C18H24N4OS. The fourth-order valence-corrected chi connectivity index (χ4v) is 3.57. The fourth-order valence-electron chi connectivity index (χ4n) is 3.16. The lowest BCUT2D eigenvalue weighted by Crippen LogP contribution is -2.45. The highest BCUT2D eigenvalue weighted by molar-refractivity contribution is 7.98. The van der Waals surface area contributed by atoms with Crippen molar-refractivity contribution in [1.82, 2.24) is 20.2 Å². The van der Waals surface area contributed by atoms with E-state index in [0.717, 1.165) is 37.2 Å². The molecule has 128 valence electrons. The van der Waals surface area contributed by atoms with Crippen molar-refractivity contribution in [2.75, 3.05) is 12.8 Å². The van der Waals surface area contributed by atoms with E-state index in [1.54, 1.807) is 18.0 Å². The molecule has 0 aliphatic carbocycles. The van der Waals surface area contributed by atoms with Gasteiger partial charge < -0.3 is 15.2 Å². The molecule has 1 fully saturated rings. The summed E-state index contributed by atoms with van der Waals surface area (Å²) in [5.74, 6) is 0.877. The summed E-state index contributed by atoms with van der Waals surface area (Å²) in [6.07, 6.45) is 8.75. The number of nitrogens with one attached hydrogen (secondary N) is 2. The van der Waals surface area contributed by atoms with Gasteiger partial charge in [-0.25, -0.2) is 9.78 Å². The van der Waals surface area contributed by atoms with E-state index in [4.69, 9.17) is 0 Å². The van der Waals surface area contributed by atoms with E-state index in [1.165, 1.54) is 4.90 Å². The number of likely N-dealkylation sites (tertiary alicyclic amines) is 1. The highest BCUT2D eigenvalue weighted by atomic mass is 32.2. The lowest BCUT2D eigenvalue weighted by Gasteiger charge is -2.35. The number of carbonyl (C=O) groups excluding carboxylic acids is 1. The first kappa shape index (κ1) is 16.9. The number of benzene rings is 1. The summed E-state index contributed by atoms with van der Waals surface area (Å²) >= 11 is 1.72. The Kier molecular flexibility index (Phi) is 5.45. The van der Waals surface area contributed by atoms with Crippen molar-refractivity contribution in [2.24, 2.45) is 0 Å². The van der Waals surface area contributed by atoms with Crippen molar-refractivity contribution in [3.05, 3.63) is 48.0 Å². The second-order valence-electron chi connectivity index (χ2n) is 6.12. The third kappa shape index (κ3) is 3.75. The van der Waals surface area contributed by atoms with Crippen LogP contribution in [0.1, 0.15) is 49.7 Å². The van der Waals surface area contributed by atoms with Gasteiger partial charge in [0.15, 0.2) is 0 Å². The number of rotatable bonds is 4. The minimum Gasteiger partial charge on any atom is -0.347 e. The first-order chi connectivity index (χ1) is 11.7. The minimum atomic E-state index is -0.0208. The van der Waals surface area contributed by atoms with Gasteiger partial charge in [-0.2, -0.15) is 0 Å². The number of carbonyl (C=O) groups is 1. The van der Waals surface area contributed by atoms with Gasteiger partial charge in [-0.15, -0.1) is 11.8 Å². The lowest BCUT2D eigenvalue weighted by atomic mass is 10.0. The number of thioether (sulfide) groups is 1. The number of aromatic amines is 1. The summed E-state index contributed by atoms with van der Waals surface area (Å²) < 4.78 is 0. The summed E-state index contributed by atoms with van der Waals surface area (Å²) in [5, 5.41) is 3.13. The van der Waals surface area contributed by atoms with Gasteiger partial charge in [0, 0.05) is 23.8 Å². The maximum absolute atomic E-state index is 12.8. The average Bonchev–Trinajstić information content (AvgIpc) is 3.16. The highest BCUT2D eigenvalue weighted by Crippen LogP contribution is 2.29. The van der Waals surface area contributed by atoms with E-state index in [2.05, 4.69) is 45.8 Å². The third-order valence-corrected chi connectivity index (χ3v) is 5.30. The van der Waals surface area contributed by atoms with Crippen LogP contribution in [0.25, 0.3) is 0 Å². The molecule has 3 rings (SSSR count). The molecule has 0 radical (unpaired) electrons. The van der Waals surface area contributed by atoms with E-state index < -0.39 is 0 Å². The number of hydrogen-bond donors (Lipinski definition) is 2. The van der Waals surface area contributed by atoms with Gasteiger partial charge in [0.05, 0.1) is 12.1 Å². The zero-order valence-electron chi connectivity index (χ0n) is 14.2. The Bertz CT molecular complexity index is 656. The molecule has 2 atom stereocenters. The van der Waals surface area contributed by atoms with Crippen LogP contribution >= 0.6 is 11.8 Å². The van der Waals surface area contributed by atoms with E-state index in [9.17, 15) is 4.79 Å². The molecule has 2 aromatic rings. The molecule has 1 saturated heterocycles. The molecule has 2 heterocycles. The first-order valence-corrected chi connectivity index (χ1v) is 9.62. The molecular weight excluding hydrogens is 320 g/mol. The quantitative estimate of drug-likeness (QED) is 0.820. The van der Waals surface area contributed by atoms with E-state index in [-0.39, 0.29) is 18.1 Å². The van der Waals surface area contributed by atoms with Crippen molar-refractivity contribution >= 4 is 17.8 Å². The summed E-state index contributed by atoms with van der Waals surface area (Å²) in [6.45, 7) is 2.80. The van der Waals surface area contributed by atoms with Crippen LogP contribution in [0, 0.1) is 0 Å². The Morgan fingerprint density at radius 2 is 2.17 bits per heavy atom. The summed E-state index contributed by atoms with van der Waals surface area (Å²) in [5.41, 5.74) is 1.12. The number of piperidine rings is 1. The summed E-state index contributed by atoms with van der Waals surface area (Å²) in [7, 11) is 0. The second-order valence-corrected chi connectivity index (χ2v) is 7.00. The summed E-state index contributed by atoms with van der Waals surface area (Å²) in [4.78, 5) is 23.4. The Morgan fingerprint density at radius 1 is 1.38 bits per heavy atom. The number of hydrogen-bond acceptors (Lipinski definition) is 3. The monoisotopic (exact) mass is 344 g/mol. The lowest BCUT2D eigenvalue weighted by molar-refractivity contribution is 0.145. The van der Waals surface area contributed by atoms with E-state index >= 15 is 0 Å². The van der Waals surface area contributed by atoms with Crippen molar-refractivity contribution in [1.29, 1.82) is 0 Å². The van der Waals surface area contributed by atoms with Crippen LogP contribution in [0.4, 0.5) is 4.79 Å². The van der Waals surface area contributed by atoms with Crippen LogP contribution in [0.15, 0.2) is 41.6 Å². The highest BCUT2D eigenvalue weighted by Gasteiger charge is 2.30. The smallest absolute Gasteiger partial charge is 0.318 e. The van der Waals surface area contributed by atoms with Gasteiger partial charge >= 0.3 is 6.03 Å². The van der Waals surface area contributed by atoms with Crippen LogP contribution in [-0.4, -0.2) is 33.7 Å². The molecule has 1 aromatic heterocycles. The number of nitrogens with zero attached hydrogens (tertiary/aromatic N) is 2. The fraction of sp³-hybridized carbons (Fsp3) is 0.444. The molecule has 6 heteroatoms. The zero-order chi connectivity index (χ0) is 16.9. The molecule has 0 saturated carbocycles. The number of urea groups is 1. The molecule has 1 aliphatic rings. The van der Waals surface area contributed by atoms with Gasteiger partial charge in [0.1, 0.15) is 5.82 Å². The Balaban J connectivity index is 1.67. The van der Waals surface area contributed by atoms with Gasteiger partial charge in [-0.3, -0.25) is 0 Å². The zero-order valence-corrected chi connectivity index (χ0v) is 15.0. The third-order valence-electron chi connectivity index (χ3n) is 4.55. The Labute approximate surface area is 147 Å². The average molecular weight is 344 g/mol. The van der Waals surface area contributed by atoms with E-state index in [1.807, 2.05) is 18.0 Å². The van der Waals surface area contributed by atoms with Gasteiger partial charge in [0.25, 0.3) is 0 Å². The second kappa shape index (κ2) is 7.75. The minimum absolute atomic E-state index is 0.0162. The van der Waals surface area contributed by atoms with Crippen LogP contribution in [0.5, 0.6) is 0 Å². The Morgan fingerprint density at radius 3 is 2.83 bits per heavy atom. The maximum Gasteiger partial charge on any atom is 0.318 e. The molecule has 0 bridgehead atoms. The van der Waals surface area contributed by atoms with Gasteiger partial charge in [-0.05, 0) is 50.1 Å². The number of amides is 2. The van der Waals surface area contributed by atoms with Crippen molar-refractivity contribution in [3.63, 3.8) is 0 Å². The SMILES string of the molecule is CSc1ccc([C@@H](C)NC(=O)N2CCCC[C@@H]2c2ncc[nH]2)cc1. The molecule has 1 aliphatic heterocycles. The number of imidazole rings is 1. The molecule has 1 aromatic carbocycles. The van der Waals surface area contributed by atoms with Gasteiger partial charge in [-0.1, -0.05) is 12.1 Å². The molecule has 24 heavy (non-hydrogen) atoms. The van der Waals surface area contributed by atoms with Crippen LogP contribution in [0.3, 0.4) is 0 Å². The van der Waals surface area contributed by atoms with Crippen LogP contribution < -0.4 is 5.32 Å². The number of H-pyrrole nitrogens is 1. The van der Waals surface area contributed by atoms with Crippen molar-refractivity contribution in [2.45, 2.75) is 43.2 Å². The largest absolute Gasteiger partial charge is 0.347 e. The van der Waals surface area contributed by atoms with Crippen molar-refractivity contribution < 1.29 is 4.79 Å². The first-order valence-electron chi connectivity index (χ1n) is 8.39. The van der Waals surface area contributed by atoms with Crippen LogP contribution in [-0.2, 0) is 0 Å². The molecule has 0 spiro atoms. The van der Waals surface area contributed by atoms with E-state index in [0.29, 0.717) is 0 Å². The predicted molar refractivity (Wildman–Crippen MR) is 97.1 cm³/mol. The van der Waals surface area contributed by atoms with Crippen molar-refractivity contribution in [3.8, 4) is 0 Å². The maximum atomic E-state index is 12.8. The Hall–Kier alpha value is -1.95. The normalized spacial score (nSPS) is 19.1. The molecule has 0 unspecified atom stereocenters. The predicted octanol–water partition coefficient (Wildman–Crippen LogP) is 4.13. The molecule has 2 N–H and O–H groups in total. The summed E-state index contributed by atoms with van der Waals surface area (Å²) in [6, 6.07) is 8.35. The van der Waals surface area contributed by atoms with Gasteiger partial charge in [0.2, 0.25) is 0 Å². The van der Waals surface area contributed by atoms with Crippen LogP contribution in [0.2, 0.25) is 0 Å². The number of aromatic nitrogens is 2. The topological polar surface area (TPSA) is 61.0 Å². The molecule has 2 amide bonds. The molecule has 5 nitrogen and oxygen atoms in total. The standard InChI is InChI=1S/C18H24N4OS/c1-13(14-6-8-15(24-2)9-7-14)21-18(23)22-12-4-3-5-16(22)17-19-10-11-20-17/h6-11,13,16H,3-5,12H2,1-2H3,(H,19,20)(H,21,23)/t13-,16-/m1/s1.